The molecule has 5 heteroatoms. The van der Waals surface area contributed by atoms with Gasteiger partial charge in [-0.05, 0) is 26.1 Å². The molecule has 0 fully saturated rings. The molecule has 0 radical (unpaired) electrons. The van der Waals surface area contributed by atoms with Crippen LogP contribution in [-0.4, -0.2) is 54.3 Å². The number of hydrogen-bond acceptors (Lipinski definition) is 4. The molecular weight excluding hydrogens is 242 g/mol. The van der Waals surface area contributed by atoms with Gasteiger partial charge in [-0.2, -0.15) is 0 Å². The SMILES string of the molecule is CC(CN)N(C)CCN1C(=O)c2ccccc2C1=O. The molecule has 2 rings (SSSR count). The van der Waals surface area contributed by atoms with Gasteiger partial charge < -0.3 is 10.6 Å². The lowest BCUT2D eigenvalue weighted by Gasteiger charge is -2.25. The minimum Gasteiger partial charge on any atom is -0.329 e. The summed E-state index contributed by atoms with van der Waals surface area (Å²) in [5.41, 5.74) is 6.59. The molecule has 1 unspecified atom stereocenters. The van der Waals surface area contributed by atoms with E-state index in [0.29, 0.717) is 30.8 Å². The molecule has 0 saturated heterocycles. The van der Waals surface area contributed by atoms with Gasteiger partial charge in [-0.3, -0.25) is 14.5 Å². The Morgan fingerprint density at radius 1 is 1.21 bits per heavy atom. The van der Waals surface area contributed by atoms with Crippen molar-refractivity contribution in [3.05, 3.63) is 35.4 Å². The number of benzene rings is 1. The quantitative estimate of drug-likeness (QED) is 0.787. The van der Waals surface area contributed by atoms with Gasteiger partial charge in [0.05, 0.1) is 11.1 Å². The number of rotatable bonds is 5. The van der Waals surface area contributed by atoms with Crippen LogP contribution >= 0.6 is 0 Å². The zero-order valence-electron chi connectivity index (χ0n) is 11.3. The maximum absolute atomic E-state index is 12.1. The minimum absolute atomic E-state index is 0.200. The summed E-state index contributed by atoms with van der Waals surface area (Å²) in [5.74, 6) is -0.399. The van der Waals surface area contributed by atoms with Gasteiger partial charge in [-0.1, -0.05) is 12.1 Å². The number of amides is 2. The van der Waals surface area contributed by atoms with Crippen LogP contribution in [0.3, 0.4) is 0 Å². The minimum atomic E-state index is -0.200. The van der Waals surface area contributed by atoms with Gasteiger partial charge >= 0.3 is 0 Å². The first-order chi connectivity index (χ1) is 9.06. The molecule has 19 heavy (non-hydrogen) atoms. The first-order valence-electron chi connectivity index (χ1n) is 6.41. The van der Waals surface area contributed by atoms with Crippen molar-refractivity contribution in [3.63, 3.8) is 0 Å². The van der Waals surface area contributed by atoms with Gasteiger partial charge in [-0.25, -0.2) is 0 Å². The Hall–Kier alpha value is -1.72. The van der Waals surface area contributed by atoms with Crippen LogP contribution in [0.25, 0.3) is 0 Å². The highest BCUT2D eigenvalue weighted by Crippen LogP contribution is 2.21. The molecule has 1 aliphatic rings. The molecule has 5 nitrogen and oxygen atoms in total. The smallest absolute Gasteiger partial charge is 0.261 e. The first-order valence-corrected chi connectivity index (χ1v) is 6.41. The molecule has 0 saturated carbocycles. The van der Waals surface area contributed by atoms with E-state index in [2.05, 4.69) is 0 Å². The standard InChI is InChI=1S/C14H19N3O2/c1-10(9-15)16(2)7-8-17-13(18)11-5-3-4-6-12(11)14(17)19/h3-6,10H,7-9,15H2,1-2H3. The van der Waals surface area contributed by atoms with Crippen LogP contribution < -0.4 is 5.73 Å². The van der Waals surface area contributed by atoms with Crippen LogP contribution in [0.2, 0.25) is 0 Å². The summed E-state index contributed by atoms with van der Waals surface area (Å²) in [5, 5.41) is 0. The number of carbonyl (C=O) groups is 2. The van der Waals surface area contributed by atoms with E-state index in [4.69, 9.17) is 5.73 Å². The highest BCUT2D eigenvalue weighted by molar-refractivity contribution is 6.21. The van der Waals surface area contributed by atoms with Crippen LogP contribution in [-0.2, 0) is 0 Å². The number of nitrogens with two attached hydrogens (primary N) is 1. The fraction of sp³-hybridized carbons (Fsp3) is 0.429. The Morgan fingerprint density at radius 2 is 1.74 bits per heavy atom. The van der Waals surface area contributed by atoms with Crippen molar-refractivity contribution in [3.8, 4) is 0 Å². The lowest BCUT2D eigenvalue weighted by Crippen LogP contribution is -2.42. The first kappa shape index (κ1) is 13.7. The molecule has 2 amide bonds. The fourth-order valence-electron chi connectivity index (χ4n) is 2.10. The highest BCUT2D eigenvalue weighted by Gasteiger charge is 2.34. The Labute approximate surface area is 113 Å². The molecule has 1 heterocycles. The Morgan fingerprint density at radius 3 is 2.21 bits per heavy atom. The van der Waals surface area contributed by atoms with Crippen molar-refractivity contribution in [2.45, 2.75) is 13.0 Å². The lowest BCUT2D eigenvalue weighted by molar-refractivity contribution is 0.0635. The van der Waals surface area contributed by atoms with Gasteiger partial charge in [0, 0.05) is 25.7 Å². The van der Waals surface area contributed by atoms with Gasteiger partial charge in [-0.15, -0.1) is 0 Å². The van der Waals surface area contributed by atoms with Crippen molar-refractivity contribution in [2.24, 2.45) is 5.73 Å². The molecule has 0 aromatic heterocycles. The van der Waals surface area contributed by atoms with E-state index < -0.39 is 0 Å². The molecule has 0 aliphatic carbocycles. The van der Waals surface area contributed by atoms with Crippen molar-refractivity contribution in [1.82, 2.24) is 9.80 Å². The second-order valence-electron chi connectivity index (χ2n) is 4.87. The monoisotopic (exact) mass is 261 g/mol. The Bertz CT molecular complexity index is 466. The van der Waals surface area contributed by atoms with E-state index in [9.17, 15) is 9.59 Å². The summed E-state index contributed by atoms with van der Waals surface area (Å²) < 4.78 is 0. The summed E-state index contributed by atoms with van der Waals surface area (Å²) in [4.78, 5) is 27.6. The molecule has 102 valence electrons. The normalized spacial score (nSPS) is 16.1. The van der Waals surface area contributed by atoms with E-state index in [0.717, 1.165) is 0 Å². The maximum atomic E-state index is 12.1. The topological polar surface area (TPSA) is 66.6 Å². The summed E-state index contributed by atoms with van der Waals surface area (Å²) in [6.45, 7) is 3.60. The number of hydrogen-bond donors (Lipinski definition) is 1. The predicted molar refractivity (Wildman–Crippen MR) is 73.0 cm³/mol. The van der Waals surface area contributed by atoms with Gasteiger partial charge in [0.2, 0.25) is 0 Å². The molecule has 1 aliphatic heterocycles. The lowest BCUT2D eigenvalue weighted by atomic mass is 10.1. The average Bonchev–Trinajstić information content (AvgIpc) is 2.68. The summed E-state index contributed by atoms with van der Waals surface area (Å²) in [6.07, 6.45) is 0. The van der Waals surface area contributed by atoms with E-state index in [1.54, 1.807) is 24.3 Å². The van der Waals surface area contributed by atoms with Crippen molar-refractivity contribution < 1.29 is 9.59 Å². The molecule has 1 aromatic rings. The third-order valence-corrected chi connectivity index (χ3v) is 3.65. The van der Waals surface area contributed by atoms with E-state index in [1.165, 1.54) is 4.90 Å². The van der Waals surface area contributed by atoms with Crippen molar-refractivity contribution >= 4 is 11.8 Å². The van der Waals surface area contributed by atoms with Crippen LogP contribution in [0.4, 0.5) is 0 Å². The predicted octanol–water partition coefficient (Wildman–Crippen LogP) is 0.562. The molecule has 2 N–H and O–H groups in total. The molecular formula is C14H19N3O2. The second-order valence-corrected chi connectivity index (χ2v) is 4.87. The molecule has 1 aromatic carbocycles. The Balaban J connectivity index is 2.05. The van der Waals surface area contributed by atoms with Crippen molar-refractivity contribution in [1.29, 1.82) is 0 Å². The number of carbonyl (C=O) groups excluding carboxylic acids is 2. The van der Waals surface area contributed by atoms with E-state index in [-0.39, 0.29) is 17.9 Å². The second kappa shape index (κ2) is 5.50. The molecule has 0 spiro atoms. The molecule has 0 bridgehead atoms. The summed E-state index contributed by atoms with van der Waals surface area (Å²) in [6, 6.07) is 7.17. The summed E-state index contributed by atoms with van der Waals surface area (Å²) in [7, 11) is 1.94. The number of likely N-dealkylation sites (N-methyl/N-ethyl adjacent to an activating group) is 1. The third kappa shape index (κ3) is 2.52. The number of fused-ring (bicyclic) bond motifs is 1. The van der Waals surface area contributed by atoms with Crippen LogP contribution in [0.15, 0.2) is 24.3 Å². The maximum Gasteiger partial charge on any atom is 0.261 e. The van der Waals surface area contributed by atoms with Crippen LogP contribution in [0, 0.1) is 0 Å². The third-order valence-electron chi connectivity index (χ3n) is 3.65. The van der Waals surface area contributed by atoms with E-state index >= 15 is 0 Å². The highest BCUT2D eigenvalue weighted by atomic mass is 16.2. The Kier molecular flexibility index (Phi) is 3.97. The van der Waals surface area contributed by atoms with Gasteiger partial charge in [0.15, 0.2) is 0 Å². The number of nitrogens with zero attached hydrogens (tertiary/aromatic N) is 2. The van der Waals surface area contributed by atoms with Gasteiger partial charge in [0.25, 0.3) is 11.8 Å². The zero-order valence-corrected chi connectivity index (χ0v) is 11.3. The van der Waals surface area contributed by atoms with E-state index in [1.807, 2.05) is 18.9 Å². The van der Waals surface area contributed by atoms with Crippen LogP contribution in [0.1, 0.15) is 27.6 Å². The number of imide groups is 1. The summed E-state index contributed by atoms with van der Waals surface area (Å²) >= 11 is 0. The zero-order chi connectivity index (χ0) is 14.0. The fourth-order valence-corrected chi connectivity index (χ4v) is 2.10. The average molecular weight is 261 g/mol. The van der Waals surface area contributed by atoms with Crippen molar-refractivity contribution in [2.75, 3.05) is 26.7 Å². The van der Waals surface area contributed by atoms with Gasteiger partial charge in [0.1, 0.15) is 0 Å². The molecule has 1 atom stereocenters. The van der Waals surface area contributed by atoms with Crippen LogP contribution in [0.5, 0.6) is 0 Å². The largest absolute Gasteiger partial charge is 0.329 e.